The van der Waals surface area contributed by atoms with Gasteiger partial charge in [0, 0.05) is 17.7 Å². The molecule has 0 bridgehead atoms. The van der Waals surface area contributed by atoms with Crippen LogP contribution in [0.15, 0.2) is 63.6 Å². The van der Waals surface area contributed by atoms with Gasteiger partial charge in [0.25, 0.3) is 11.8 Å². The summed E-state index contributed by atoms with van der Waals surface area (Å²) in [6, 6.07) is 13.9. The van der Waals surface area contributed by atoms with E-state index < -0.39 is 35.4 Å². The molecule has 0 spiro atoms. The Kier molecular flexibility index (Phi) is 7.75. The Labute approximate surface area is 221 Å². The van der Waals surface area contributed by atoms with Gasteiger partial charge in [0.2, 0.25) is 11.6 Å². The third-order valence-corrected chi connectivity index (χ3v) is 6.53. The maximum Gasteiger partial charge on any atom is 0.422 e. The van der Waals surface area contributed by atoms with Gasteiger partial charge in [-0.15, -0.1) is 0 Å². The maximum atomic E-state index is 13.9. The minimum Gasteiger partial charge on any atom is -0.378 e. The molecule has 1 unspecified atom stereocenters. The summed E-state index contributed by atoms with van der Waals surface area (Å²) in [4.78, 5) is 18.8. The first kappa shape index (κ1) is 26.6. The van der Waals surface area contributed by atoms with E-state index in [0.29, 0.717) is 17.7 Å². The van der Waals surface area contributed by atoms with Crippen molar-refractivity contribution in [3.63, 3.8) is 0 Å². The number of hydrogen-bond acceptors (Lipinski definition) is 8. The number of rotatable bonds is 9. The fourth-order valence-electron chi connectivity index (χ4n) is 4.51. The van der Waals surface area contributed by atoms with Crippen molar-refractivity contribution in [1.82, 2.24) is 25.5 Å². The summed E-state index contributed by atoms with van der Waals surface area (Å²) in [6.07, 6.45) is -2.95. The average molecular weight is 542 g/mol. The second-order valence-electron chi connectivity index (χ2n) is 9.24. The first-order valence-electron chi connectivity index (χ1n) is 12.6. The Balaban J connectivity index is 1.27. The number of amides is 1. The van der Waals surface area contributed by atoms with Gasteiger partial charge >= 0.3 is 6.18 Å². The van der Waals surface area contributed by atoms with Gasteiger partial charge in [0.1, 0.15) is 11.3 Å². The summed E-state index contributed by atoms with van der Waals surface area (Å²) in [5, 5.41) is 20.5. The Morgan fingerprint density at radius 1 is 1.00 bits per heavy atom. The van der Waals surface area contributed by atoms with E-state index in [9.17, 15) is 23.1 Å². The lowest BCUT2D eigenvalue weighted by Gasteiger charge is -2.15. The second-order valence-corrected chi connectivity index (χ2v) is 9.24. The minimum absolute atomic E-state index is 0.00295. The van der Waals surface area contributed by atoms with Gasteiger partial charge in [-0.05, 0) is 44.5 Å². The largest absolute Gasteiger partial charge is 0.422 e. The lowest BCUT2D eigenvalue weighted by molar-refractivity contribution is -0.137. The molecule has 0 aliphatic carbocycles. The number of nitrogens with zero attached hydrogens (tertiary/aromatic N) is 4. The van der Waals surface area contributed by atoms with Crippen LogP contribution in [0.25, 0.3) is 34.3 Å². The van der Waals surface area contributed by atoms with Crippen LogP contribution in [0.2, 0.25) is 0 Å². The molecule has 1 fully saturated rings. The van der Waals surface area contributed by atoms with Crippen molar-refractivity contribution in [2.75, 3.05) is 26.2 Å². The molecule has 1 aliphatic heterocycles. The molecule has 3 heterocycles. The number of carbonyl (C=O) groups excluding carboxylic acids is 1. The van der Waals surface area contributed by atoms with Crippen molar-refractivity contribution in [3.8, 4) is 34.3 Å². The summed E-state index contributed by atoms with van der Waals surface area (Å²) in [5.74, 6) is -1.67. The highest BCUT2D eigenvalue weighted by Crippen LogP contribution is 2.43. The van der Waals surface area contributed by atoms with Crippen LogP contribution in [-0.4, -0.2) is 57.4 Å². The predicted octanol–water partition coefficient (Wildman–Crippen LogP) is 4.71. The molecule has 9 nitrogen and oxygen atoms in total. The number of aromatic nitrogens is 3. The van der Waals surface area contributed by atoms with Crippen LogP contribution in [0.1, 0.15) is 36.5 Å². The molecule has 0 radical (unpaired) electrons. The summed E-state index contributed by atoms with van der Waals surface area (Å²) in [5.41, 5.74) is -0.520. The molecule has 1 atom stereocenters. The zero-order chi connectivity index (χ0) is 27.4. The van der Waals surface area contributed by atoms with Crippen LogP contribution in [0.5, 0.6) is 0 Å². The van der Waals surface area contributed by atoms with Crippen LogP contribution in [0.4, 0.5) is 13.2 Å². The van der Waals surface area contributed by atoms with Crippen LogP contribution in [-0.2, 0) is 11.0 Å². The number of nitrogens with one attached hydrogen (secondary N) is 1. The number of alkyl halides is 3. The van der Waals surface area contributed by atoms with Gasteiger partial charge in [0.15, 0.2) is 6.10 Å². The van der Waals surface area contributed by atoms with Gasteiger partial charge in [-0.25, -0.2) is 0 Å². The van der Waals surface area contributed by atoms with Crippen LogP contribution >= 0.6 is 0 Å². The molecule has 4 aromatic rings. The fourth-order valence-corrected chi connectivity index (χ4v) is 4.51. The van der Waals surface area contributed by atoms with Crippen molar-refractivity contribution >= 4 is 5.91 Å². The number of aliphatic hydroxyl groups excluding tert-OH is 1. The van der Waals surface area contributed by atoms with Crippen molar-refractivity contribution in [3.05, 3.63) is 65.7 Å². The van der Waals surface area contributed by atoms with Gasteiger partial charge in [-0.2, -0.15) is 18.2 Å². The molecule has 39 heavy (non-hydrogen) atoms. The molecule has 12 heteroatoms. The number of benzene rings is 2. The molecule has 2 aromatic heterocycles. The van der Waals surface area contributed by atoms with Crippen LogP contribution in [0.3, 0.4) is 0 Å². The summed E-state index contributed by atoms with van der Waals surface area (Å²) in [6.45, 7) is 3.54. The van der Waals surface area contributed by atoms with E-state index in [-0.39, 0.29) is 17.1 Å². The SMILES string of the molecule is O=C(NCCCN1CCCC1)C(O)c1ccc(-c2noc(-c3onc(-c4ccccc4)c3C(F)(F)F)n2)cc1. The van der Waals surface area contributed by atoms with Crippen LogP contribution in [0, 0.1) is 0 Å². The van der Waals surface area contributed by atoms with E-state index in [0.717, 1.165) is 26.1 Å². The van der Waals surface area contributed by atoms with Crippen molar-refractivity contribution in [1.29, 1.82) is 0 Å². The third-order valence-electron chi connectivity index (χ3n) is 6.53. The normalized spacial score (nSPS) is 15.0. The van der Waals surface area contributed by atoms with Gasteiger partial charge in [-0.1, -0.05) is 64.9 Å². The lowest BCUT2D eigenvalue weighted by atomic mass is 10.1. The first-order valence-corrected chi connectivity index (χ1v) is 12.6. The molecule has 1 saturated heterocycles. The molecule has 1 aliphatic rings. The smallest absolute Gasteiger partial charge is 0.378 e. The quantitative estimate of drug-likeness (QED) is 0.293. The molecular weight excluding hydrogens is 515 g/mol. The molecular formula is C27H26F3N5O4. The maximum absolute atomic E-state index is 13.9. The standard InChI is InChI=1S/C27H26F3N5O4/c28-27(29,30)20-21(17-7-2-1-3-8-17)33-38-23(20)26-32-24(34-39-26)19-11-9-18(10-12-19)22(36)25(37)31-13-6-16-35-14-4-5-15-35/h1-3,7-12,22,36H,4-6,13-16H2,(H,31,37). The Hall–Kier alpha value is -4.03. The average Bonchev–Trinajstić information content (AvgIpc) is 3.71. The highest BCUT2D eigenvalue weighted by atomic mass is 19.4. The molecule has 0 saturated carbocycles. The molecule has 2 N–H and O–H groups in total. The zero-order valence-electron chi connectivity index (χ0n) is 20.8. The van der Waals surface area contributed by atoms with E-state index in [1.165, 1.54) is 49.2 Å². The molecule has 204 valence electrons. The number of hydrogen-bond donors (Lipinski definition) is 2. The van der Waals surface area contributed by atoms with Crippen molar-refractivity contribution in [2.24, 2.45) is 0 Å². The Bertz CT molecular complexity index is 1400. The summed E-state index contributed by atoms with van der Waals surface area (Å²) >= 11 is 0. The van der Waals surface area contributed by atoms with Crippen LogP contribution < -0.4 is 5.32 Å². The van der Waals surface area contributed by atoms with E-state index in [1.807, 2.05) is 0 Å². The van der Waals surface area contributed by atoms with E-state index in [1.54, 1.807) is 18.2 Å². The van der Waals surface area contributed by atoms with Crippen molar-refractivity contribution in [2.45, 2.75) is 31.5 Å². The van der Waals surface area contributed by atoms with Gasteiger partial charge < -0.3 is 24.4 Å². The number of halogens is 3. The third kappa shape index (κ3) is 6.02. The zero-order valence-corrected chi connectivity index (χ0v) is 20.8. The minimum atomic E-state index is -4.79. The summed E-state index contributed by atoms with van der Waals surface area (Å²) in [7, 11) is 0. The highest BCUT2D eigenvalue weighted by molar-refractivity contribution is 5.82. The fraction of sp³-hybridized carbons (Fsp3) is 0.333. The topological polar surface area (TPSA) is 118 Å². The first-order chi connectivity index (χ1) is 18.8. The van der Waals surface area contributed by atoms with Gasteiger partial charge in [-0.3, -0.25) is 4.79 Å². The van der Waals surface area contributed by atoms with E-state index >= 15 is 0 Å². The number of carbonyl (C=O) groups is 1. The van der Waals surface area contributed by atoms with E-state index in [4.69, 9.17) is 9.05 Å². The second kappa shape index (κ2) is 11.4. The molecule has 2 aromatic carbocycles. The number of likely N-dealkylation sites (tertiary alicyclic amines) is 1. The lowest BCUT2D eigenvalue weighted by Crippen LogP contribution is -2.32. The van der Waals surface area contributed by atoms with Gasteiger partial charge in [0.05, 0.1) is 0 Å². The predicted molar refractivity (Wildman–Crippen MR) is 134 cm³/mol. The monoisotopic (exact) mass is 541 g/mol. The molecule has 1 amide bonds. The molecule has 5 rings (SSSR count). The highest BCUT2D eigenvalue weighted by Gasteiger charge is 2.43. The van der Waals surface area contributed by atoms with Crippen molar-refractivity contribution < 1.29 is 32.1 Å². The number of aliphatic hydroxyl groups is 1. The Morgan fingerprint density at radius 3 is 2.41 bits per heavy atom. The summed E-state index contributed by atoms with van der Waals surface area (Å²) < 4.78 is 51.9. The van der Waals surface area contributed by atoms with E-state index in [2.05, 4.69) is 25.5 Å². The Morgan fingerprint density at radius 2 is 1.72 bits per heavy atom.